The first-order valence-electron chi connectivity index (χ1n) is 6.36. The van der Waals surface area contributed by atoms with Crippen LogP contribution in [-0.2, 0) is 0 Å². The third kappa shape index (κ3) is 4.50. The Labute approximate surface area is 101 Å². The van der Waals surface area contributed by atoms with Crippen molar-refractivity contribution < 1.29 is 0 Å². The molecule has 1 heterocycles. The van der Waals surface area contributed by atoms with Gasteiger partial charge in [-0.3, -0.25) is 4.90 Å². The lowest BCUT2D eigenvalue weighted by Crippen LogP contribution is -2.41. The van der Waals surface area contributed by atoms with Crippen molar-refractivity contribution in [3.8, 4) is 0 Å². The minimum Gasteiger partial charge on any atom is -0.306 e. The highest BCUT2D eigenvalue weighted by atomic mass is 15.2. The third-order valence-corrected chi connectivity index (χ3v) is 3.46. The number of hydrogen-bond donors (Lipinski definition) is 0. The van der Waals surface area contributed by atoms with Gasteiger partial charge in [-0.2, -0.15) is 0 Å². The van der Waals surface area contributed by atoms with Crippen molar-refractivity contribution in [2.24, 2.45) is 0 Å². The average Bonchev–Trinajstić information content (AvgIpc) is 2.29. The summed E-state index contributed by atoms with van der Waals surface area (Å²) in [6.07, 6.45) is 8.07. The second-order valence-corrected chi connectivity index (χ2v) is 4.91. The Hall–Kier alpha value is -0.600. The lowest BCUT2D eigenvalue weighted by atomic mass is 10.0. The van der Waals surface area contributed by atoms with Gasteiger partial charge in [-0.1, -0.05) is 31.2 Å². The molecule has 2 heteroatoms. The van der Waals surface area contributed by atoms with Gasteiger partial charge in [0.25, 0.3) is 0 Å². The number of likely N-dealkylation sites (tertiary alicyclic amines) is 1. The molecular weight excluding hydrogens is 196 g/mol. The Morgan fingerprint density at radius 2 is 2.00 bits per heavy atom. The normalized spacial score (nSPS) is 19.8. The molecule has 1 saturated heterocycles. The summed E-state index contributed by atoms with van der Waals surface area (Å²) in [5.41, 5.74) is 1.23. The van der Waals surface area contributed by atoms with E-state index in [4.69, 9.17) is 0 Å². The zero-order valence-corrected chi connectivity index (χ0v) is 11.1. The molecule has 2 nitrogen and oxygen atoms in total. The van der Waals surface area contributed by atoms with Crippen LogP contribution in [-0.4, -0.2) is 49.6 Å². The van der Waals surface area contributed by atoms with E-state index in [1.54, 1.807) is 0 Å². The van der Waals surface area contributed by atoms with E-state index in [2.05, 4.69) is 49.5 Å². The topological polar surface area (TPSA) is 6.48 Å². The first-order valence-corrected chi connectivity index (χ1v) is 6.36. The smallest absolute Gasteiger partial charge is 0.0166 e. The maximum atomic E-state index is 3.98. The van der Waals surface area contributed by atoms with E-state index in [-0.39, 0.29) is 0 Å². The first kappa shape index (κ1) is 13.5. The molecule has 0 bridgehead atoms. The maximum absolute atomic E-state index is 3.98. The van der Waals surface area contributed by atoms with E-state index < -0.39 is 0 Å². The van der Waals surface area contributed by atoms with Crippen molar-refractivity contribution in [3.63, 3.8) is 0 Å². The molecule has 0 saturated carbocycles. The van der Waals surface area contributed by atoms with Crippen LogP contribution >= 0.6 is 0 Å². The summed E-state index contributed by atoms with van der Waals surface area (Å²) in [6.45, 7) is 9.67. The van der Waals surface area contributed by atoms with Gasteiger partial charge in [-0.15, -0.1) is 0 Å². The van der Waals surface area contributed by atoms with Gasteiger partial charge in [0.2, 0.25) is 0 Å². The van der Waals surface area contributed by atoms with Gasteiger partial charge >= 0.3 is 0 Å². The van der Waals surface area contributed by atoms with Crippen LogP contribution in [0.2, 0.25) is 0 Å². The number of rotatable bonds is 5. The fourth-order valence-corrected chi connectivity index (χ4v) is 2.10. The fraction of sp³-hybridized carbons (Fsp3) is 0.714. The van der Waals surface area contributed by atoms with Gasteiger partial charge in [0.1, 0.15) is 0 Å². The molecule has 1 aliphatic heterocycles. The van der Waals surface area contributed by atoms with Gasteiger partial charge in [0, 0.05) is 12.6 Å². The zero-order chi connectivity index (χ0) is 12.0. The van der Waals surface area contributed by atoms with E-state index >= 15 is 0 Å². The summed E-state index contributed by atoms with van der Waals surface area (Å²) in [5.74, 6) is 0. The standard InChI is InChI=1S/C14H26N2/c1-5-13(2)7-6-10-16-11-8-14(9-12-16)15(3)4/h6-7,14H,2,5,8-12H2,1,3-4H3/b7-6+. The lowest BCUT2D eigenvalue weighted by Gasteiger charge is -2.34. The van der Waals surface area contributed by atoms with Crippen LogP contribution in [0.1, 0.15) is 26.2 Å². The highest BCUT2D eigenvalue weighted by molar-refractivity contribution is 5.13. The van der Waals surface area contributed by atoms with E-state index in [9.17, 15) is 0 Å². The summed E-state index contributed by atoms with van der Waals surface area (Å²) in [5, 5.41) is 0. The van der Waals surface area contributed by atoms with Crippen molar-refractivity contribution in [2.45, 2.75) is 32.2 Å². The summed E-state index contributed by atoms with van der Waals surface area (Å²) in [4.78, 5) is 4.88. The molecule has 0 spiro atoms. The monoisotopic (exact) mass is 222 g/mol. The summed E-state index contributed by atoms with van der Waals surface area (Å²) >= 11 is 0. The maximum Gasteiger partial charge on any atom is 0.0166 e. The van der Waals surface area contributed by atoms with Crippen LogP contribution in [0.4, 0.5) is 0 Å². The molecular formula is C14H26N2. The molecule has 0 N–H and O–H groups in total. The molecule has 0 unspecified atom stereocenters. The van der Waals surface area contributed by atoms with Crippen LogP contribution in [0.3, 0.4) is 0 Å². The van der Waals surface area contributed by atoms with Crippen molar-refractivity contribution in [2.75, 3.05) is 33.7 Å². The lowest BCUT2D eigenvalue weighted by molar-refractivity contribution is 0.155. The summed E-state index contributed by atoms with van der Waals surface area (Å²) < 4.78 is 0. The van der Waals surface area contributed by atoms with Gasteiger partial charge < -0.3 is 4.90 Å². The van der Waals surface area contributed by atoms with E-state index in [0.717, 1.165) is 19.0 Å². The van der Waals surface area contributed by atoms with E-state index in [1.165, 1.54) is 31.5 Å². The molecule has 0 aromatic heterocycles. The summed E-state index contributed by atoms with van der Waals surface area (Å²) in [6, 6.07) is 0.783. The van der Waals surface area contributed by atoms with Crippen LogP contribution in [0.15, 0.2) is 24.3 Å². The molecule has 0 atom stereocenters. The number of nitrogens with zero attached hydrogens (tertiary/aromatic N) is 2. The Morgan fingerprint density at radius 1 is 1.38 bits per heavy atom. The average molecular weight is 222 g/mol. The van der Waals surface area contributed by atoms with Crippen molar-refractivity contribution >= 4 is 0 Å². The van der Waals surface area contributed by atoms with Gasteiger partial charge in [0.05, 0.1) is 0 Å². The minimum absolute atomic E-state index is 0.783. The van der Waals surface area contributed by atoms with Crippen LogP contribution < -0.4 is 0 Å². The zero-order valence-electron chi connectivity index (χ0n) is 11.1. The van der Waals surface area contributed by atoms with E-state index in [1.807, 2.05) is 0 Å². The predicted octanol–water partition coefficient (Wildman–Crippen LogP) is 2.53. The molecule has 0 aromatic rings. The second-order valence-electron chi connectivity index (χ2n) is 4.91. The number of hydrogen-bond acceptors (Lipinski definition) is 2. The highest BCUT2D eigenvalue weighted by Gasteiger charge is 2.19. The molecule has 0 radical (unpaired) electrons. The molecule has 1 rings (SSSR count). The largest absolute Gasteiger partial charge is 0.306 e. The number of allylic oxidation sites excluding steroid dienone is 2. The fourth-order valence-electron chi connectivity index (χ4n) is 2.10. The Kier molecular flexibility index (Phi) is 5.78. The first-order chi connectivity index (χ1) is 7.63. The summed E-state index contributed by atoms with van der Waals surface area (Å²) in [7, 11) is 4.37. The third-order valence-electron chi connectivity index (χ3n) is 3.46. The number of piperidine rings is 1. The minimum atomic E-state index is 0.783. The molecule has 1 fully saturated rings. The molecule has 0 aromatic carbocycles. The Balaban J connectivity index is 2.22. The molecule has 92 valence electrons. The van der Waals surface area contributed by atoms with Gasteiger partial charge in [0.15, 0.2) is 0 Å². The quantitative estimate of drug-likeness (QED) is 0.660. The van der Waals surface area contributed by atoms with Gasteiger partial charge in [-0.05, 0) is 46.4 Å². The van der Waals surface area contributed by atoms with Crippen LogP contribution in [0.5, 0.6) is 0 Å². The SMILES string of the molecule is C=C(/C=C/CN1CCC(N(C)C)CC1)CC. The molecule has 0 aliphatic carbocycles. The van der Waals surface area contributed by atoms with E-state index in [0.29, 0.717) is 0 Å². The van der Waals surface area contributed by atoms with Crippen molar-refractivity contribution in [1.82, 2.24) is 9.80 Å². The van der Waals surface area contributed by atoms with Crippen LogP contribution in [0.25, 0.3) is 0 Å². The predicted molar refractivity (Wildman–Crippen MR) is 71.7 cm³/mol. The van der Waals surface area contributed by atoms with Crippen LogP contribution in [0, 0.1) is 0 Å². The highest BCUT2D eigenvalue weighted by Crippen LogP contribution is 2.13. The molecule has 0 amide bonds. The Morgan fingerprint density at radius 3 is 2.50 bits per heavy atom. The van der Waals surface area contributed by atoms with Gasteiger partial charge in [-0.25, -0.2) is 0 Å². The second kappa shape index (κ2) is 6.87. The van der Waals surface area contributed by atoms with Crippen molar-refractivity contribution in [1.29, 1.82) is 0 Å². The molecule has 1 aliphatic rings. The molecule has 16 heavy (non-hydrogen) atoms. The van der Waals surface area contributed by atoms with Crippen molar-refractivity contribution in [3.05, 3.63) is 24.3 Å². The Bertz CT molecular complexity index is 235.